The number of carbonyl (C=O) groups excluding carboxylic acids is 5. The molecule has 0 aromatic heterocycles. The fourth-order valence-electron chi connectivity index (χ4n) is 9.96. The molecule has 0 radical (unpaired) electrons. The second-order valence-electron chi connectivity index (χ2n) is 18.7. The number of phenols is 4. The van der Waals surface area contributed by atoms with Crippen LogP contribution in [-0.4, -0.2) is 55.1 Å². The molecule has 0 fully saturated rings. The van der Waals surface area contributed by atoms with Gasteiger partial charge < -0.3 is 29.9 Å². The standard InChI is InChI=1S/C55H84O11/c1-6-11-16-21-26-31-47(60)53(48(61)32-27-22-17-12-7-2)52-45(59)39-42(56)40-46(52)65-54(41-36-37-43(57)44(58)38-41,49(62)33-28-23-18-13-8-3)55(53,50(63)34-29-24-19-14-9-4)66-51(64)35-30-25-20-15-10-5/h36-40,56-59H,6-35H2,1-5H3. The summed E-state index contributed by atoms with van der Waals surface area (Å²) in [6, 6.07) is 5.57. The van der Waals surface area contributed by atoms with E-state index in [1.54, 1.807) is 0 Å². The fourth-order valence-corrected chi connectivity index (χ4v) is 9.96. The van der Waals surface area contributed by atoms with E-state index in [0.717, 1.165) is 121 Å². The van der Waals surface area contributed by atoms with E-state index in [4.69, 9.17) is 9.47 Å². The summed E-state index contributed by atoms with van der Waals surface area (Å²) in [5, 5.41) is 45.4. The third kappa shape index (κ3) is 13.4. The number of aromatic hydroxyl groups is 4. The Morgan fingerprint density at radius 1 is 0.455 bits per heavy atom. The zero-order valence-electron chi connectivity index (χ0n) is 41.2. The SMILES string of the molecule is CCCCCCCC(=O)OC1(C(=O)CCCCCCC)C(C(=O)CCCCCCC)(c2ccc(O)c(O)c2)Oc2cc(O)cc(O)c2C1(C(=O)CCCCCCC)C(=O)CCCCCCC. The van der Waals surface area contributed by atoms with Gasteiger partial charge in [0.25, 0.3) is 0 Å². The molecule has 1 aliphatic rings. The quantitative estimate of drug-likeness (QED) is 0.0221. The van der Waals surface area contributed by atoms with Gasteiger partial charge >= 0.3 is 5.97 Å². The molecular formula is C55H84O11. The highest BCUT2D eigenvalue weighted by Gasteiger charge is 2.82. The maximum absolute atomic E-state index is 16.3. The summed E-state index contributed by atoms with van der Waals surface area (Å²) in [6.45, 7) is 10.3. The molecule has 66 heavy (non-hydrogen) atoms. The first-order valence-electron chi connectivity index (χ1n) is 25.9. The number of ether oxygens (including phenoxy) is 2. The number of esters is 1. The average molecular weight is 921 g/mol. The summed E-state index contributed by atoms with van der Waals surface area (Å²) >= 11 is 0. The number of Topliss-reactive ketones (excluding diaryl/α,β-unsaturated/α-hetero) is 4. The van der Waals surface area contributed by atoms with Crippen LogP contribution in [0.2, 0.25) is 0 Å². The predicted molar refractivity (Wildman–Crippen MR) is 259 cm³/mol. The van der Waals surface area contributed by atoms with Crippen molar-refractivity contribution in [2.75, 3.05) is 0 Å². The molecule has 3 rings (SSSR count). The fraction of sp³-hybridized carbons (Fsp3) is 0.691. The van der Waals surface area contributed by atoms with Crippen LogP contribution in [0.25, 0.3) is 0 Å². The van der Waals surface area contributed by atoms with Crippen LogP contribution < -0.4 is 4.74 Å². The van der Waals surface area contributed by atoms with Crippen molar-refractivity contribution < 1.29 is 53.9 Å². The Labute approximate surface area is 395 Å². The minimum Gasteiger partial charge on any atom is -0.508 e. The molecule has 0 spiro atoms. The Kier molecular flexibility index (Phi) is 24.3. The molecule has 0 saturated heterocycles. The Hall–Kier alpha value is -4.41. The average Bonchev–Trinajstić information content (AvgIpc) is 3.28. The van der Waals surface area contributed by atoms with Crippen molar-refractivity contribution >= 4 is 29.1 Å². The Morgan fingerprint density at radius 3 is 1.30 bits per heavy atom. The van der Waals surface area contributed by atoms with Crippen molar-refractivity contribution in [2.24, 2.45) is 0 Å². The maximum Gasteiger partial charge on any atom is 0.307 e. The summed E-state index contributed by atoms with van der Waals surface area (Å²) in [4.78, 5) is 79.7. The molecule has 2 aromatic rings. The Bertz CT molecular complexity index is 1830. The number of phenolic OH excluding ortho intramolecular Hbond substituents is 4. The predicted octanol–water partition coefficient (Wildman–Crippen LogP) is 13.4. The highest BCUT2D eigenvalue weighted by Crippen LogP contribution is 2.63. The third-order valence-corrected chi connectivity index (χ3v) is 13.5. The second-order valence-corrected chi connectivity index (χ2v) is 18.7. The maximum atomic E-state index is 16.3. The first-order valence-corrected chi connectivity index (χ1v) is 25.9. The van der Waals surface area contributed by atoms with E-state index in [9.17, 15) is 25.2 Å². The van der Waals surface area contributed by atoms with Crippen molar-refractivity contribution in [3.63, 3.8) is 0 Å². The largest absolute Gasteiger partial charge is 0.508 e. The number of fused-ring (bicyclic) bond motifs is 1. The normalized spacial score (nSPS) is 17.5. The summed E-state index contributed by atoms with van der Waals surface area (Å²) in [7, 11) is 0. The van der Waals surface area contributed by atoms with E-state index in [-0.39, 0.29) is 44.1 Å². The smallest absolute Gasteiger partial charge is 0.307 e. The van der Waals surface area contributed by atoms with Gasteiger partial charge in [-0.1, -0.05) is 169 Å². The van der Waals surface area contributed by atoms with Crippen LogP contribution >= 0.6 is 0 Å². The van der Waals surface area contributed by atoms with Gasteiger partial charge in [0, 0.05) is 49.8 Å². The monoisotopic (exact) mass is 921 g/mol. The summed E-state index contributed by atoms with van der Waals surface area (Å²) in [5.74, 6) is -7.08. The molecule has 4 N–H and O–H groups in total. The van der Waals surface area contributed by atoms with Gasteiger partial charge in [0.1, 0.15) is 17.2 Å². The lowest BCUT2D eigenvalue weighted by atomic mass is 9.49. The van der Waals surface area contributed by atoms with Gasteiger partial charge in [-0.3, -0.25) is 24.0 Å². The van der Waals surface area contributed by atoms with Crippen molar-refractivity contribution in [1.29, 1.82) is 0 Å². The molecule has 0 aliphatic carbocycles. The molecule has 0 saturated carbocycles. The minimum absolute atomic E-state index is 0.210. The molecular weight excluding hydrogens is 837 g/mol. The first-order chi connectivity index (χ1) is 31.8. The lowest BCUT2D eigenvalue weighted by Crippen LogP contribution is -2.80. The zero-order valence-corrected chi connectivity index (χ0v) is 41.2. The molecule has 1 heterocycles. The van der Waals surface area contributed by atoms with Gasteiger partial charge in [0.05, 0.1) is 5.56 Å². The number of rotatable bonds is 36. The topological polar surface area (TPSA) is 185 Å². The van der Waals surface area contributed by atoms with Crippen molar-refractivity contribution in [3.05, 3.63) is 41.5 Å². The van der Waals surface area contributed by atoms with Gasteiger partial charge in [-0.15, -0.1) is 0 Å². The van der Waals surface area contributed by atoms with Gasteiger partial charge in [0.2, 0.25) is 11.2 Å². The van der Waals surface area contributed by atoms with E-state index in [1.165, 1.54) is 6.07 Å². The van der Waals surface area contributed by atoms with E-state index in [2.05, 4.69) is 34.6 Å². The van der Waals surface area contributed by atoms with Crippen LogP contribution in [-0.2, 0) is 39.7 Å². The lowest BCUT2D eigenvalue weighted by Gasteiger charge is -2.58. The summed E-state index contributed by atoms with van der Waals surface area (Å²) < 4.78 is 13.8. The lowest BCUT2D eigenvalue weighted by molar-refractivity contribution is -0.221. The van der Waals surface area contributed by atoms with E-state index in [1.807, 2.05) is 0 Å². The molecule has 2 unspecified atom stereocenters. The highest BCUT2D eigenvalue weighted by atomic mass is 16.6. The van der Waals surface area contributed by atoms with Crippen molar-refractivity contribution in [2.45, 2.75) is 244 Å². The van der Waals surface area contributed by atoms with Crippen molar-refractivity contribution in [1.82, 2.24) is 0 Å². The minimum atomic E-state index is -3.10. The van der Waals surface area contributed by atoms with Crippen LogP contribution in [0.5, 0.6) is 28.7 Å². The van der Waals surface area contributed by atoms with E-state index < -0.39 is 80.0 Å². The molecule has 2 atom stereocenters. The molecule has 11 nitrogen and oxygen atoms in total. The van der Waals surface area contributed by atoms with Crippen LogP contribution in [0, 0.1) is 0 Å². The Morgan fingerprint density at radius 2 is 0.864 bits per heavy atom. The van der Waals surface area contributed by atoms with Crippen LogP contribution in [0.4, 0.5) is 0 Å². The Balaban J connectivity index is 2.70. The number of ketones is 4. The highest BCUT2D eigenvalue weighted by molar-refractivity contribution is 6.22. The number of carbonyl (C=O) groups is 5. The van der Waals surface area contributed by atoms with Crippen LogP contribution in [0.1, 0.15) is 238 Å². The van der Waals surface area contributed by atoms with Gasteiger partial charge in [-0.2, -0.15) is 0 Å². The molecule has 1 aliphatic heterocycles. The summed E-state index contributed by atoms with van der Waals surface area (Å²) in [6.07, 6.45) is 16.5. The number of hydrogen-bond acceptors (Lipinski definition) is 11. The molecule has 2 aromatic carbocycles. The molecule has 11 heteroatoms. The van der Waals surface area contributed by atoms with Crippen LogP contribution in [0.3, 0.4) is 0 Å². The molecule has 0 bridgehead atoms. The van der Waals surface area contributed by atoms with Gasteiger partial charge in [-0.05, 0) is 44.2 Å². The number of hydrogen-bond donors (Lipinski definition) is 4. The zero-order chi connectivity index (χ0) is 48.6. The number of unbranched alkanes of at least 4 members (excludes halogenated alkanes) is 20. The van der Waals surface area contributed by atoms with E-state index in [0.29, 0.717) is 57.8 Å². The first kappa shape index (κ1) is 55.9. The third-order valence-electron chi connectivity index (χ3n) is 13.5. The van der Waals surface area contributed by atoms with Crippen molar-refractivity contribution in [3.8, 4) is 28.7 Å². The second kappa shape index (κ2) is 28.7. The number of benzene rings is 2. The molecule has 370 valence electrons. The molecule has 0 amide bonds. The van der Waals surface area contributed by atoms with Crippen LogP contribution in [0.15, 0.2) is 30.3 Å². The van der Waals surface area contributed by atoms with Gasteiger partial charge in [-0.25, -0.2) is 0 Å². The summed E-state index contributed by atoms with van der Waals surface area (Å²) in [5.41, 5.74) is -9.46. The van der Waals surface area contributed by atoms with Gasteiger partial charge in [0.15, 0.2) is 40.0 Å². The van der Waals surface area contributed by atoms with E-state index >= 15 is 19.2 Å².